The van der Waals surface area contributed by atoms with E-state index in [1.54, 1.807) is 24.3 Å². The lowest BCUT2D eigenvalue weighted by Gasteiger charge is -2.07. The number of benzene rings is 2. The smallest absolute Gasteiger partial charge is 0.233 e. The maximum atomic E-state index is 11.8. The zero-order chi connectivity index (χ0) is 15.9. The molecular weight excluding hydrogens is 300 g/mol. The molecule has 0 unspecified atom stereocenters. The maximum absolute atomic E-state index is 11.8. The molecule has 5 heteroatoms. The van der Waals surface area contributed by atoms with Gasteiger partial charge in [-0.05, 0) is 48.4 Å². The molecule has 2 N–H and O–H groups in total. The highest BCUT2D eigenvalue weighted by Gasteiger charge is 2.10. The molecule has 2 amide bonds. The molecule has 2 aromatic carbocycles. The summed E-state index contributed by atoms with van der Waals surface area (Å²) < 4.78 is 0. The first-order chi connectivity index (χ1) is 10.6. The highest BCUT2D eigenvalue weighted by Crippen LogP contribution is 2.14. The molecule has 0 aromatic heterocycles. The van der Waals surface area contributed by atoms with Gasteiger partial charge in [0.25, 0.3) is 0 Å². The third kappa shape index (κ3) is 4.90. The van der Waals surface area contributed by atoms with Crippen LogP contribution < -0.4 is 10.6 Å². The fraction of sp³-hybridized carbons (Fsp3) is 0.176. The van der Waals surface area contributed by atoms with Crippen LogP contribution in [0.5, 0.6) is 0 Å². The van der Waals surface area contributed by atoms with E-state index in [2.05, 4.69) is 17.6 Å². The van der Waals surface area contributed by atoms with Crippen LogP contribution in [-0.2, 0) is 16.0 Å². The molecule has 2 aromatic rings. The summed E-state index contributed by atoms with van der Waals surface area (Å²) in [6, 6.07) is 14.3. The fourth-order valence-corrected chi connectivity index (χ4v) is 2.04. The van der Waals surface area contributed by atoms with Crippen LogP contribution in [0.4, 0.5) is 11.4 Å². The third-order valence-electron chi connectivity index (χ3n) is 3.10. The van der Waals surface area contributed by atoms with E-state index < -0.39 is 0 Å². The third-order valence-corrected chi connectivity index (χ3v) is 3.35. The first kappa shape index (κ1) is 16.0. The highest BCUT2D eigenvalue weighted by atomic mass is 35.5. The van der Waals surface area contributed by atoms with Crippen molar-refractivity contribution in [3.8, 4) is 0 Å². The largest absolute Gasteiger partial charge is 0.326 e. The molecule has 2 rings (SSSR count). The van der Waals surface area contributed by atoms with Crippen molar-refractivity contribution in [2.24, 2.45) is 0 Å². The summed E-state index contributed by atoms with van der Waals surface area (Å²) in [6.07, 6.45) is 0.704. The lowest BCUT2D eigenvalue weighted by atomic mass is 10.1. The van der Waals surface area contributed by atoms with Gasteiger partial charge in [-0.3, -0.25) is 9.59 Å². The van der Waals surface area contributed by atoms with Gasteiger partial charge in [-0.1, -0.05) is 30.7 Å². The molecule has 0 heterocycles. The van der Waals surface area contributed by atoms with Crippen molar-refractivity contribution in [1.29, 1.82) is 0 Å². The van der Waals surface area contributed by atoms with Crippen molar-refractivity contribution in [1.82, 2.24) is 0 Å². The molecular formula is C17H17ClN2O2. The lowest BCUT2D eigenvalue weighted by molar-refractivity contribution is -0.123. The van der Waals surface area contributed by atoms with Crippen LogP contribution in [-0.4, -0.2) is 11.8 Å². The van der Waals surface area contributed by atoms with Crippen molar-refractivity contribution in [2.75, 3.05) is 10.6 Å². The molecule has 0 spiro atoms. The SMILES string of the molecule is CCc1ccc(NC(=O)CC(=O)Nc2ccc(Cl)cc2)cc1. The van der Waals surface area contributed by atoms with Gasteiger partial charge in [-0.15, -0.1) is 0 Å². The Balaban J connectivity index is 1.85. The first-order valence-corrected chi connectivity index (χ1v) is 7.39. The predicted molar refractivity (Wildman–Crippen MR) is 89.1 cm³/mol. The van der Waals surface area contributed by atoms with Crippen LogP contribution in [0.25, 0.3) is 0 Å². The topological polar surface area (TPSA) is 58.2 Å². The van der Waals surface area contributed by atoms with Gasteiger partial charge in [-0.25, -0.2) is 0 Å². The summed E-state index contributed by atoms with van der Waals surface area (Å²) in [7, 11) is 0. The van der Waals surface area contributed by atoms with Gasteiger partial charge in [0, 0.05) is 16.4 Å². The molecule has 0 saturated heterocycles. The summed E-state index contributed by atoms with van der Waals surface area (Å²) >= 11 is 5.77. The van der Waals surface area contributed by atoms with Gasteiger partial charge in [-0.2, -0.15) is 0 Å². The number of hydrogen-bond donors (Lipinski definition) is 2. The van der Waals surface area contributed by atoms with Gasteiger partial charge < -0.3 is 10.6 Å². The molecule has 0 aliphatic carbocycles. The number of carbonyl (C=O) groups excluding carboxylic acids is 2. The van der Waals surface area contributed by atoms with Gasteiger partial charge in [0.15, 0.2) is 0 Å². The summed E-state index contributed by atoms with van der Waals surface area (Å²) in [5.74, 6) is -0.722. The average Bonchev–Trinajstić information content (AvgIpc) is 2.50. The molecule has 0 saturated carbocycles. The van der Waals surface area contributed by atoms with Crippen LogP contribution in [0.15, 0.2) is 48.5 Å². The number of hydrogen-bond acceptors (Lipinski definition) is 2. The number of halogens is 1. The number of rotatable bonds is 5. The standard InChI is InChI=1S/C17H17ClN2O2/c1-2-12-3-7-14(8-4-12)19-16(21)11-17(22)20-15-9-5-13(18)6-10-15/h3-10H,2,11H2,1H3,(H,19,21)(H,20,22). The summed E-state index contributed by atoms with van der Waals surface area (Å²) in [5, 5.41) is 5.93. The monoisotopic (exact) mass is 316 g/mol. The first-order valence-electron chi connectivity index (χ1n) is 7.01. The van der Waals surface area contributed by atoms with E-state index >= 15 is 0 Å². The zero-order valence-electron chi connectivity index (χ0n) is 12.2. The van der Waals surface area contributed by atoms with Crippen molar-refractivity contribution in [3.05, 3.63) is 59.1 Å². The van der Waals surface area contributed by atoms with E-state index in [0.29, 0.717) is 16.4 Å². The molecule has 4 nitrogen and oxygen atoms in total. The van der Waals surface area contributed by atoms with Gasteiger partial charge in [0.1, 0.15) is 6.42 Å². The Morgan fingerprint density at radius 3 is 1.77 bits per heavy atom. The number of carbonyl (C=O) groups is 2. The van der Waals surface area contributed by atoms with Gasteiger partial charge in [0.05, 0.1) is 0 Å². The minimum Gasteiger partial charge on any atom is -0.326 e. The Morgan fingerprint density at radius 2 is 1.32 bits per heavy atom. The Morgan fingerprint density at radius 1 is 0.864 bits per heavy atom. The minimum atomic E-state index is -0.370. The van der Waals surface area contributed by atoms with Crippen LogP contribution in [0.3, 0.4) is 0 Å². The highest BCUT2D eigenvalue weighted by molar-refractivity contribution is 6.30. The second kappa shape index (κ2) is 7.61. The van der Waals surface area contributed by atoms with Crippen LogP contribution in [0.1, 0.15) is 18.9 Å². The van der Waals surface area contributed by atoms with Crippen molar-refractivity contribution in [3.63, 3.8) is 0 Å². The van der Waals surface area contributed by atoms with E-state index in [1.165, 1.54) is 5.56 Å². The van der Waals surface area contributed by atoms with Crippen molar-refractivity contribution < 1.29 is 9.59 Å². The maximum Gasteiger partial charge on any atom is 0.233 e. The second-order valence-corrected chi connectivity index (χ2v) is 5.27. The number of amides is 2. The molecule has 0 atom stereocenters. The quantitative estimate of drug-likeness (QED) is 0.823. The Bertz CT molecular complexity index is 651. The molecule has 0 bridgehead atoms. The van der Waals surface area contributed by atoms with E-state index in [1.807, 2.05) is 24.3 Å². The zero-order valence-corrected chi connectivity index (χ0v) is 13.0. The van der Waals surface area contributed by atoms with Crippen LogP contribution >= 0.6 is 11.6 Å². The summed E-state index contributed by atoms with van der Waals surface area (Å²) in [6.45, 7) is 2.06. The van der Waals surface area contributed by atoms with E-state index in [0.717, 1.165) is 6.42 Å². The lowest BCUT2D eigenvalue weighted by Crippen LogP contribution is -2.21. The average molecular weight is 317 g/mol. The van der Waals surface area contributed by atoms with Crippen molar-refractivity contribution >= 4 is 34.8 Å². The molecule has 114 valence electrons. The van der Waals surface area contributed by atoms with Crippen LogP contribution in [0, 0.1) is 0 Å². The number of anilines is 2. The van der Waals surface area contributed by atoms with Crippen molar-refractivity contribution in [2.45, 2.75) is 19.8 Å². The molecule has 0 radical (unpaired) electrons. The fourth-order valence-electron chi connectivity index (χ4n) is 1.91. The Labute approximate surface area is 134 Å². The molecule has 0 aliphatic rings. The Hall–Kier alpha value is -2.33. The second-order valence-electron chi connectivity index (χ2n) is 4.83. The molecule has 22 heavy (non-hydrogen) atoms. The van der Waals surface area contributed by atoms with Crippen LogP contribution in [0.2, 0.25) is 5.02 Å². The minimum absolute atomic E-state index is 0.238. The predicted octanol–water partition coefficient (Wildman–Crippen LogP) is 3.87. The van der Waals surface area contributed by atoms with Gasteiger partial charge in [0.2, 0.25) is 11.8 Å². The Kier molecular flexibility index (Phi) is 5.55. The van der Waals surface area contributed by atoms with Gasteiger partial charge >= 0.3 is 0 Å². The summed E-state index contributed by atoms with van der Waals surface area (Å²) in [5.41, 5.74) is 2.48. The van der Waals surface area contributed by atoms with E-state index in [4.69, 9.17) is 11.6 Å². The molecule has 0 aliphatic heterocycles. The number of aryl methyl sites for hydroxylation is 1. The summed E-state index contributed by atoms with van der Waals surface area (Å²) in [4.78, 5) is 23.6. The normalized spacial score (nSPS) is 10.1. The van der Waals surface area contributed by atoms with E-state index in [9.17, 15) is 9.59 Å². The molecule has 0 fully saturated rings. The van der Waals surface area contributed by atoms with E-state index in [-0.39, 0.29) is 18.2 Å². The number of nitrogens with one attached hydrogen (secondary N) is 2.